The fourth-order valence-electron chi connectivity index (χ4n) is 1.64. The molecule has 0 bridgehead atoms. The molecule has 0 unspecified atom stereocenters. The summed E-state index contributed by atoms with van der Waals surface area (Å²) in [5.41, 5.74) is 1.18. The van der Waals surface area contributed by atoms with Gasteiger partial charge in [0.15, 0.2) is 0 Å². The predicted molar refractivity (Wildman–Crippen MR) is 65.4 cm³/mol. The fourth-order valence-corrected chi connectivity index (χ4v) is 2.83. The maximum atomic E-state index is 5.82. The molecule has 1 aromatic rings. The first-order chi connectivity index (χ1) is 6.84. The van der Waals surface area contributed by atoms with Gasteiger partial charge < -0.3 is 5.32 Å². The molecule has 1 nitrogen and oxygen atoms in total. The minimum Gasteiger partial charge on any atom is -0.381 e. The maximum Gasteiger partial charge on any atom is 0.0407 e. The van der Waals surface area contributed by atoms with Gasteiger partial charge in [-0.25, -0.2) is 0 Å². The van der Waals surface area contributed by atoms with E-state index in [-0.39, 0.29) is 0 Å². The third-order valence-electron chi connectivity index (χ3n) is 2.38. The summed E-state index contributed by atoms with van der Waals surface area (Å²) in [6.07, 6.45) is 2.62. The van der Waals surface area contributed by atoms with E-state index in [1.165, 1.54) is 30.0 Å². The number of nitrogens with one attached hydrogen (secondary N) is 1. The van der Waals surface area contributed by atoms with Gasteiger partial charge >= 0.3 is 0 Å². The number of benzene rings is 1. The number of hydrogen-bond donors (Lipinski definition) is 1. The Kier molecular flexibility index (Phi) is 3.60. The average molecular weight is 228 g/mol. The van der Waals surface area contributed by atoms with Crippen molar-refractivity contribution in [3.05, 3.63) is 29.3 Å². The average Bonchev–Trinajstić information content (AvgIpc) is 2.23. The van der Waals surface area contributed by atoms with Crippen LogP contribution in [-0.2, 0) is 0 Å². The Bertz CT molecular complexity index is 280. The Labute approximate surface area is 94.2 Å². The molecular weight excluding hydrogens is 214 g/mol. The SMILES string of the molecule is Clc1ccc(N[C@@H]2CCCSC2)cc1. The quantitative estimate of drug-likeness (QED) is 0.828. The van der Waals surface area contributed by atoms with Crippen LogP contribution in [0.4, 0.5) is 5.69 Å². The normalized spacial score (nSPS) is 21.9. The third kappa shape index (κ3) is 2.82. The smallest absolute Gasteiger partial charge is 0.0407 e. The number of anilines is 1. The summed E-state index contributed by atoms with van der Waals surface area (Å²) in [6.45, 7) is 0. The molecule has 0 saturated carbocycles. The molecule has 2 rings (SSSR count). The number of hydrogen-bond acceptors (Lipinski definition) is 2. The zero-order valence-corrected chi connectivity index (χ0v) is 9.57. The second kappa shape index (κ2) is 4.94. The van der Waals surface area contributed by atoms with Crippen molar-refractivity contribution in [3.63, 3.8) is 0 Å². The maximum absolute atomic E-state index is 5.82. The molecule has 1 atom stereocenters. The van der Waals surface area contributed by atoms with E-state index in [0.717, 1.165) is 5.02 Å². The number of thioether (sulfide) groups is 1. The highest BCUT2D eigenvalue weighted by atomic mass is 35.5. The molecule has 1 heterocycles. The fraction of sp³-hybridized carbons (Fsp3) is 0.455. The molecule has 3 heteroatoms. The summed E-state index contributed by atoms with van der Waals surface area (Å²) in [5.74, 6) is 2.54. The Morgan fingerprint density at radius 2 is 2.07 bits per heavy atom. The summed E-state index contributed by atoms with van der Waals surface area (Å²) >= 11 is 7.86. The van der Waals surface area contributed by atoms with E-state index in [4.69, 9.17) is 11.6 Å². The molecule has 1 saturated heterocycles. The molecule has 1 fully saturated rings. The lowest BCUT2D eigenvalue weighted by atomic mass is 10.2. The lowest BCUT2D eigenvalue weighted by Crippen LogP contribution is -2.25. The van der Waals surface area contributed by atoms with Gasteiger partial charge in [0.05, 0.1) is 0 Å². The molecule has 0 aliphatic carbocycles. The zero-order valence-electron chi connectivity index (χ0n) is 8.00. The highest BCUT2D eigenvalue weighted by Crippen LogP contribution is 2.21. The molecule has 0 radical (unpaired) electrons. The van der Waals surface area contributed by atoms with Crippen molar-refractivity contribution in [1.82, 2.24) is 0 Å². The van der Waals surface area contributed by atoms with Gasteiger partial charge in [0, 0.05) is 22.5 Å². The minimum absolute atomic E-state index is 0.634. The van der Waals surface area contributed by atoms with Crippen molar-refractivity contribution >= 4 is 29.1 Å². The van der Waals surface area contributed by atoms with E-state index in [1.807, 2.05) is 36.0 Å². The molecule has 14 heavy (non-hydrogen) atoms. The highest BCUT2D eigenvalue weighted by Gasteiger charge is 2.12. The van der Waals surface area contributed by atoms with Crippen LogP contribution in [0.5, 0.6) is 0 Å². The third-order valence-corrected chi connectivity index (χ3v) is 3.84. The van der Waals surface area contributed by atoms with Crippen molar-refractivity contribution in [3.8, 4) is 0 Å². The Morgan fingerprint density at radius 1 is 1.29 bits per heavy atom. The van der Waals surface area contributed by atoms with Gasteiger partial charge in [-0.05, 0) is 42.9 Å². The Morgan fingerprint density at radius 3 is 2.71 bits per heavy atom. The molecule has 0 spiro atoms. The second-order valence-corrected chi connectivity index (χ2v) is 5.15. The van der Waals surface area contributed by atoms with Crippen LogP contribution in [0.1, 0.15) is 12.8 Å². The summed E-state index contributed by atoms with van der Waals surface area (Å²) in [6, 6.07) is 8.58. The lowest BCUT2D eigenvalue weighted by molar-refractivity contribution is 0.685. The molecule has 0 aromatic heterocycles. The molecule has 76 valence electrons. The highest BCUT2D eigenvalue weighted by molar-refractivity contribution is 7.99. The summed E-state index contributed by atoms with van der Waals surface area (Å²) < 4.78 is 0. The summed E-state index contributed by atoms with van der Waals surface area (Å²) in [5, 5.41) is 4.33. The first kappa shape index (κ1) is 10.2. The largest absolute Gasteiger partial charge is 0.381 e. The van der Waals surface area contributed by atoms with Crippen LogP contribution in [0.3, 0.4) is 0 Å². The molecular formula is C11H14ClNS. The van der Waals surface area contributed by atoms with E-state index in [1.54, 1.807) is 0 Å². The lowest BCUT2D eigenvalue weighted by Gasteiger charge is -2.23. The van der Waals surface area contributed by atoms with Crippen LogP contribution >= 0.6 is 23.4 Å². The topological polar surface area (TPSA) is 12.0 Å². The van der Waals surface area contributed by atoms with E-state index < -0.39 is 0 Å². The zero-order chi connectivity index (χ0) is 9.80. The van der Waals surface area contributed by atoms with Gasteiger partial charge in [-0.3, -0.25) is 0 Å². The summed E-state index contributed by atoms with van der Waals surface area (Å²) in [7, 11) is 0. The standard InChI is InChI=1S/C11H14ClNS/c12-9-3-5-10(6-4-9)13-11-2-1-7-14-8-11/h3-6,11,13H,1-2,7-8H2/t11-/m1/s1. The van der Waals surface area contributed by atoms with Crippen molar-refractivity contribution in [2.75, 3.05) is 16.8 Å². The van der Waals surface area contributed by atoms with Crippen LogP contribution in [0.25, 0.3) is 0 Å². The van der Waals surface area contributed by atoms with Crippen molar-refractivity contribution < 1.29 is 0 Å². The number of halogens is 1. The molecule has 0 amide bonds. The predicted octanol–water partition coefficient (Wildman–Crippen LogP) is 3.65. The first-order valence-electron chi connectivity index (χ1n) is 4.94. The molecule has 1 aromatic carbocycles. The van der Waals surface area contributed by atoms with Crippen LogP contribution in [0, 0.1) is 0 Å². The van der Waals surface area contributed by atoms with Gasteiger partial charge in [-0.15, -0.1) is 0 Å². The Hall–Kier alpha value is -0.340. The molecule has 1 aliphatic rings. The van der Waals surface area contributed by atoms with Gasteiger partial charge in [0.2, 0.25) is 0 Å². The van der Waals surface area contributed by atoms with Crippen molar-refractivity contribution in [2.45, 2.75) is 18.9 Å². The van der Waals surface area contributed by atoms with Crippen molar-refractivity contribution in [2.24, 2.45) is 0 Å². The molecule has 1 aliphatic heterocycles. The molecule has 1 N–H and O–H groups in total. The van der Waals surface area contributed by atoms with Crippen molar-refractivity contribution in [1.29, 1.82) is 0 Å². The number of rotatable bonds is 2. The van der Waals surface area contributed by atoms with Gasteiger partial charge in [0.1, 0.15) is 0 Å². The van der Waals surface area contributed by atoms with E-state index >= 15 is 0 Å². The van der Waals surface area contributed by atoms with Crippen LogP contribution in [0.15, 0.2) is 24.3 Å². The van der Waals surface area contributed by atoms with Crippen LogP contribution in [0.2, 0.25) is 5.02 Å². The summed E-state index contributed by atoms with van der Waals surface area (Å²) in [4.78, 5) is 0. The van der Waals surface area contributed by atoms with Gasteiger partial charge in [0.25, 0.3) is 0 Å². The monoisotopic (exact) mass is 227 g/mol. The van der Waals surface area contributed by atoms with E-state index in [9.17, 15) is 0 Å². The van der Waals surface area contributed by atoms with E-state index in [2.05, 4.69) is 5.32 Å². The Balaban J connectivity index is 1.92. The van der Waals surface area contributed by atoms with E-state index in [0.29, 0.717) is 6.04 Å². The minimum atomic E-state index is 0.634. The van der Waals surface area contributed by atoms with Crippen LogP contribution < -0.4 is 5.32 Å². The van der Waals surface area contributed by atoms with Crippen LogP contribution in [-0.4, -0.2) is 17.5 Å². The van der Waals surface area contributed by atoms with Gasteiger partial charge in [-0.2, -0.15) is 11.8 Å². The first-order valence-corrected chi connectivity index (χ1v) is 6.48. The van der Waals surface area contributed by atoms with Gasteiger partial charge in [-0.1, -0.05) is 11.6 Å². The second-order valence-electron chi connectivity index (χ2n) is 3.57.